The predicted molar refractivity (Wildman–Crippen MR) is 116 cm³/mol. The fourth-order valence-electron chi connectivity index (χ4n) is 2.65. The Morgan fingerprint density at radius 3 is 2.32 bits per heavy atom. The molecule has 0 saturated heterocycles. The zero-order valence-corrected chi connectivity index (χ0v) is 17.6. The van der Waals surface area contributed by atoms with Crippen molar-refractivity contribution in [3.8, 4) is 5.75 Å². The van der Waals surface area contributed by atoms with E-state index in [0.29, 0.717) is 22.7 Å². The Hall–Kier alpha value is -3.72. The molecule has 31 heavy (non-hydrogen) atoms. The quantitative estimate of drug-likeness (QED) is 0.431. The molecule has 1 amide bonds. The maximum Gasteiger partial charge on any atom is 0.271 e. The maximum atomic E-state index is 13.3. The molecule has 0 heterocycles. The zero-order valence-electron chi connectivity index (χ0n) is 16.8. The number of nitrogens with one attached hydrogen (secondary N) is 2. The second kappa shape index (κ2) is 9.40. The lowest BCUT2D eigenvalue weighted by molar-refractivity contribution is 0.0954. The highest BCUT2D eigenvalue weighted by Gasteiger charge is 2.16. The van der Waals surface area contributed by atoms with E-state index in [0.717, 1.165) is 0 Å². The second-order valence-electron chi connectivity index (χ2n) is 6.51. The summed E-state index contributed by atoms with van der Waals surface area (Å²) in [4.78, 5) is 12.4. The highest BCUT2D eigenvalue weighted by molar-refractivity contribution is 7.92. The third-order valence-electron chi connectivity index (χ3n) is 4.32. The number of carbonyl (C=O) groups is 1. The molecule has 3 rings (SSSR count). The predicted octanol–water partition coefficient (Wildman–Crippen LogP) is 3.79. The molecule has 0 aromatic heterocycles. The van der Waals surface area contributed by atoms with Crippen molar-refractivity contribution in [3.05, 3.63) is 89.7 Å². The van der Waals surface area contributed by atoms with Crippen LogP contribution < -0.4 is 14.9 Å². The molecule has 0 aliphatic rings. The molecule has 0 saturated carbocycles. The summed E-state index contributed by atoms with van der Waals surface area (Å²) in [7, 11) is -2.40. The first-order valence-electron chi connectivity index (χ1n) is 9.16. The number of amides is 1. The minimum Gasteiger partial charge on any atom is -0.497 e. The molecule has 3 aromatic rings. The standard InChI is InChI=1S/C22H20FN3O4S/c1-15(16-5-3-7-18(23)13-16)24-25-22(27)17-6-4-8-21(14-17)31(28,29)26-19-9-11-20(30-2)12-10-19/h3-14,26H,1-2H3,(H,25,27)/b24-15+. The number of sulfonamides is 1. The first-order valence-corrected chi connectivity index (χ1v) is 10.6. The third-order valence-corrected chi connectivity index (χ3v) is 5.70. The molecule has 0 spiro atoms. The van der Waals surface area contributed by atoms with Crippen molar-refractivity contribution in [2.24, 2.45) is 5.10 Å². The fraction of sp³-hybridized carbons (Fsp3) is 0.0909. The smallest absolute Gasteiger partial charge is 0.271 e. The molecule has 9 heteroatoms. The summed E-state index contributed by atoms with van der Waals surface area (Å²) in [6, 6.07) is 17.7. The van der Waals surface area contributed by atoms with Crippen molar-refractivity contribution >= 4 is 27.3 Å². The van der Waals surface area contributed by atoms with Crippen LogP contribution >= 0.6 is 0 Å². The van der Waals surface area contributed by atoms with Gasteiger partial charge in [0.1, 0.15) is 11.6 Å². The van der Waals surface area contributed by atoms with Crippen LogP contribution in [0, 0.1) is 5.82 Å². The van der Waals surface area contributed by atoms with Crippen molar-refractivity contribution < 1.29 is 22.3 Å². The van der Waals surface area contributed by atoms with E-state index in [9.17, 15) is 17.6 Å². The van der Waals surface area contributed by atoms with E-state index >= 15 is 0 Å². The summed E-state index contributed by atoms with van der Waals surface area (Å²) < 4.78 is 46.2. The molecular weight excluding hydrogens is 421 g/mol. The minimum atomic E-state index is -3.92. The van der Waals surface area contributed by atoms with Gasteiger partial charge in [-0.25, -0.2) is 18.2 Å². The van der Waals surface area contributed by atoms with Crippen molar-refractivity contribution in [2.75, 3.05) is 11.8 Å². The number of hydrogen-bond acceptors (Lipinski definition) is 5. The van der Waals surface area contributed by atoms with Crippen LogP contribution in [0.3, 0.4) is 0 Å². The number of hydrazone groups is 1. The number of carbonyl (C=O) groups excluding carboxylic acids is 1. The van der Waals surface area contributed by atoms with Gasteiger partial charge in [0, 0.05) is 16.8 Å². The van der Waals surface area contributed by atoms with Crippen LogP contribution in [0.1, 0.15) is 22.8 Å². The van der Waals surface area contributed by atoms with Crippen LogP contribution in [0.2, 0.25) is 0 Å². The van der Waals surface area contributed by atoms with Crippen molar-refractivity contribution in [1.29, 1.82) is 0 Å². The SMILES string of the molecule is COc1ccc(NS(=O)(=O)c2cccc(C(=O)N/N=C(\C)c3cccc(F)c3)c2)cc1. The van der Waals surface area contributed by atoms with Crippen molar-refractivity contribution in [2.45, 2.75) is 11.8 Å². The minimum absolute atomic E-state index is 0.0817. The molecule has 0 fully saturated rings. The number of halogens is 1. The Kier molecular flexibility index (Phi) is 6.66. The molecular formula is C22H20FN3O4S. The average molecular weight is 441 g/mol. The molecule has 0 aliphatic carbocycles. The molecule has 0 unspecified atom stereocenters. The molecule has 160 valence electrons. The fourth-order valence-corrected chi connectivity index (χ4v) is 3.76. The van der Waals surface area contributed by atoms with Crippen molar-refractivity contribution in [1.82, 2.24) is 5.43 Å². The largest absolute Gasteiger partial charge is 0.497 e. The number of rotatable bonds is 7. The molecule has 0 aliphatic heterocycles. The molecule has 2 N–H and O–H groups in total. The van der Waals surface area contributed by atoms with Gasteiger partial charge in [0.25, 0.3) is 15.9 Å². The van der Waals surface area contributed by atoms with Crippen LogP contribution in [0.15, 0.2) is 82.8 Å². The first kappa shape index (κ1) is 22.0. The van der Waals surface area contributed by atoms with Crippen LogP contribution in [0.5, 0.6) is 5.75 Å². The second-order valence-corrected chi connectivity index (χ2v) is 8.19. The molecule has 0 bridgehead atoms. The van der Waals surface area contributed by atoms with Gasteiger partial charge in [-0.15, -0.1) is 0 Å². The van der Waals surface area contributed by atoms with E-state index < -0.39 is 21.7 Å². The van der Waals surface area contributed by atoms with Crippen LogP contribution in [0.4, 0.5) is 10.1 Å². The number of methoxy groups -OCH3 is 1. The molecule has 0 atom stereocenters. The van der Waals surface area contributed by atoms with Crippen LogP contribution in [-0.2, 0) is 10.0 Å². The van der Waals surface area contributed by atoms with Gasteiger partial charge in [0.05, 0.1) is 17.7 Å². The van der Waals surface area contributed by atoms with Gasteiger partial charge in [-0.1, -0.05) is 18.2 Å². The molecule has 0 radical (unpaired) electrons. The van der Waals surface area contributed by atoms with Gasteiger partial charge >= 0.3 is 0 Å². The van der Waals surface area contributed by atoms with E-state index in [2.05, 4.69) is 15.2 Å². The van der Waals surface area contributed by atoms with Gasteiger partial charge in [-0.05, 0) is 61.5 Å². The number of hydrogen-bond donors (Lipinski definition) is 2. The highest BCUT2D eigenvalue weighted by atomic mass is 32.2. The maximum absolute atomic E-state index is 13.3. The lowest BCUT2D eigenvalue weighted by Gasteiger charge is -2.10. The van der Waals surface area contributed by atoms with Gasteiger partial charge in [-0.3, -0.25) is 9.52 Å². The number of benzene rings is 3. The number of nitrogens with zero attached hydrogens (tertiary/aromatic N) is 1. The summed E-state index contributed by atoms with van der Waals surface area (Å²) in [5, 5.41) is 3.96. The van der Waals surface area contributed by atoms with E-state index in [1.54, 1.807) is 37.3 Å². The van der Waals surface area contributed by atoms with Gasteiger partial charge < -0.3 is 4.74 Å². The number of ether oxygens (including phenoxy) is 1. The lowest BCUT2D eigenvalue weighted by Crippen LogP contribution is -2.20. The normalized spacial score (nSPS) is 11.6. The van der Waals surface area contributed by atoms with E-state index in [4.69, 9.17) is 4.74 Å². The summed E-state index contributed by atoms with van der Waals surface area (Å²) in [5.41, 5.74) is 3.73. The number of anilines is 1. The first-order chi connectivity index (χ1) is 14.8. The summed E-state index contributed by atoms with van der Waals surface area (Å²) in [5.74, 6) is -0.423. The average Bonchev–Trinajstić information content (AvgIpc) is 2.77. The monoisotopic (exact) mass is 441 g/mol. The van der Waals surface area contributed by atoms with E-state index in [-0.39, 0.29) is 10.5 Å². The lowest BCUT2D eigenvalue weighted by atomic mass is 10.1. The van der Waals surface area contributed by atoms with Crippen LogP contribution in [0.25, 0.3) is 0 Å². The Bertz CT molecular complexity index is 1230. The van der Waals surface area contributed by atoms with E-state index in [1.165, 1.54) is 49.6 Å². The summed E-state index contributed by atoms with van der Waals surface area (Å²) in [6.07, 6.45) is 0. The van der Waals surface area contributed by atoms with Gasteiger partial charge in [-0.2, -0.15) is 5.10 Å². The third kappa shape index (κ3) is 5.67. The van der Waals surface area contributed by atoms with Gasteiger partial charge in [0.15, 0.2) is 0 Å². The van der Waals surface area contributed by atoms with Crippen molar-refractivity contribution in [3.63, 3.8) is 0 Å². The summed E-state index contributed by atoms with van der Waals surface area (Å²) in [6.45, 7) is 1.62. The Labute approximate surface area is 179 Å². The topological polar surface area (TPSA) is 96.9 Å². The molecule has 7 nitrogen and oxygen atoms in total. The Morgan fingerprint density at radius 1 is 0.968 bits per heavy atom. The zero-order chi connectivity index (χ0) is 22.4. The Balaban J connectivity index is 1.75. The molecule has 3 aromatic carbocycles. The van der Waals surface area contributed by atoms with Crippen LogP contribution in [-0.4, -0.2) is 27.1 Å². The Morgan fingerprint density at radius 2 is 1.65 bits per heavy atom. The highest BCUT2D eigenvalue weighted by Crippen LogP contribution is 2.20. The van der Waals surface area contributed by atoms with E-state index in [1.807, 2.05) is 0 Å². The van der Waals surface area contributed by atoms with Gasteiger partial charge in [0.2, 0.25) is 0 Å². The summed E-state index contributed by atoms with van der Waals surface area (Å²) >= 11 is 0.